The van der Waals surface area contributed by atoms with E-state index in [-0.39, 0.29) is 24.1 Å². The van der Waals surface area contributed by atoms with Gasteiger partial charge in [-0.25, -0.2) is 9.18 Å². The van der Waals surface area contributed by atoms with Gasteiger partial charge < -0.3 is 10.4 Å². The van der Waals surface area contributed by atoms with Crippen LogP contribution < -0.4 is 5.32 Å². The summed E-state index contributed by atoms with van der Waals surface area (Å²) in [5.74, 6) is -1.97. The lowest BCUT2D eigenvalue weighted by Gasteiger charge is -2.20. The summed E-state index contributed by atoms with van der Waals surface area (Å²) in [5.41, 5.74) is 2.62. The molecule has 0 aliphatic rings. The molecule has 1 heterocycles. The molecule has 0 spiro atoms. The molecule has 0 radical (unpaired) electrons. The van der Waals surface area contributed by atoms with Crippen molar-refractivity contribution in [3.05, 3.63) is 41.3 Å². The number of nitrogens with zero attached hydrogens (tertiary/aromatic N) is 1. The normalized spacial score (nSPS) is 13.3. The number of aromatic amines is 1. The van der Waals surface area contributed by atoms with E-state index in [1.807, 2.05) is 6.92 Å². The van der Waals surface area contributed by atoms with Crippen molar-refractivity contribution in [1.29, 1.82) is 0 Å². The van der Waals surface area contributed by atoms with Gasteiger partial charge in [-0.2, -0.15) is 5.10 Å². The lowest BCUT2D eigenvalue weighted by molar-refractivity contribution is -0.143. The van der Waals surface area contributed by atoms with Crippen LogP contribution >= 0.6 is 0 Å². The van der Waals surface area contributed by atoms with Gasteiger partial charge in [-0.15, -0.1) is 0 Å². The minimum atomic E-state index is -1.05. The SMILES string of the molecule is CC[C@H](C)[C@H](NC(=O)Cc1c(-c2ccc(F)cc2)n[nH]c1C)C(=O)O. The number of hydrogen-bond donors (Lipinski definition) is 3. The van der Waals surface area contributed by atoms with Crippen LogP contribution in [0.4, 0.5) is 4.39 Å². The van der Waals surface area contributed by atoms with E-state index in [4.69, 9.17) is 0 Å². The highest BCUT2D eigenvalue weighted by Gasteiger charge is 2.26. The van der Waals surface area contributed by atoms with Gasteiger partial charge in [-0.3, -0.25) is 9.89 Å². The predicted octanol–water partition coefficient (Wildman–Crippen LogP) is 2.68. The van der Waals surface area contributed by atoms with Crippen molar-refractivity contribution in [1.82, 2.24) is 15.5 Å². The monoisotopic (exact) mass is 347 g/mol. The van der Waals surface area contributed by atoms with E-state index >= 15 is 0 Å². The van der Waals surface area contributed by atoms with Gasteiger partial charge in [-0.1, -0.05) is 20.3 Å². The molecule has 6 nitrogen and oxygen atoms in total. The Balaban J connectivity index is 2.20. The Bertz CT molecular complexity index is 755. The third-order valence-corrected chi connectivity index (χ3v) is 4.32. The van der Waals surface area contributed by atoms with E-state index in [0.29, 0.717) is 28.9 Å². The van der Waals surface area contributed by atoms with Crippen LogP contribution in [-0.2, 0) is 16.0 Å². The van der Waals surface area contributed by atoms with Crippen LogP contribution in [0.25, 0.3) is 11.3 Å². The van der Waals surface area contributed by atoms with E-state index < -0.39 is 12.0 Å². The minimum Gasteiger partial charge on any atom is -0.480 e. The number of H-pyrrole nitrogens is 1. The van der Waals surface area contributed by atoms with Gasteiger partial charge in [0.05, 0.1) is 12.1 Å². The molecular formula is C18H22FN3O3. The fourth-order valence-corrected chi connectivity index (χ4v) is 2.58. The molecule has 134 valence electrons. The van der Waals surface area contributed by atoms with Crippen molar-refractivity contribution in [3.8, 4) is 11.3 Å². The van der Waals surface area contributed by atoms with Crippen LogP contribution in [0.3, 0.4) is 0 Å². The molecule has 2 atom stereocenters. The zero-order valence-electron chi connectivity index (χ0n) is 14.5. The molecule has 25 heavy (non-hydrogen) atoms. The highest BCUT2D eigenvalue weighted by molar-refractivity contribution is 5.86. The van der Waals surface area contributed by atoms with Crippen molar-refractivity contribution in [3.63, 3.8) is 0 Å². The molecule has 2 rings (SSSR count). The summed E-state index contributed by atoms with van der Waals surface area (Å²) < 4.78 is 13.1. The number of carbonyl (C=O) groups excluding carboxylic acids is 1. The quantitative estimate of drug-likeness (QED) is 0.717. The first-order valence-corrected chi connectivity index (χ1v) is 8.15. The Kier molecular flexibility index (Phi) is 5.90. The standard InChI is InChI=1S/C18H22FN3O3/c1-4-10(2)16(18(24)25)20-15(23)9-14-11(3)21-22-17(14)12-5-7-13(19)8-6-12/h5-8,10,16H,4,9H2,1-3H3,(H,20,23)(H,21,22)(H,24,25)/t10-,16-/m0/s1. The second-order valence-electron chi connectivity index (χ2n) is 6.13. The summed E-state index contributed by atoms with van der Waals surface area (Å²) in [4.78, 5) is 23.7. The van der Waals surface area contributed by atoms with Gasteiger partial charge >= 0.3 is 5.97 Å². The van der Waals surface area contributed by atoms with Crippen molar-refractivity contribution < 1.29 is 19.1 Å². The summed E-state index contributed by atoms with van der Waals surface area (Å²) in [6.45, 7) is 5.44. The molecule has 3 N–H and O–H groups in total. The molecule has 0 fully saturated rings. The molecular weight excluding hydrogens is 325 g/mol. The Morgan fingerprint density at radius 2 is 1.96 bits per heavy atom. The minimum absolute atomic E-state index is 0.00470. The number of aliphatic carboxylic acids is 1. The van der Waals surface area contributed by atoms with Gasteiger partial charge in [0.15, 0.2) is 0 Å². The summed E-state index contributed by atoms with van der Waals surface area (Å²) in [7, 11) is 0. The summed E-state index contributed by atoms with van der Waals surface area (Å²) in [6.07, 6.45) is 0.637. The van der Waals surface area contributed by atoms with Gasteiger partial charge in [0.25, 0.3) is 0 Å². The maximum atomic E-state index is 13.1. The number of rotatable bonds is 7. The van der Waals surface area contributed by atoms with Crippen LogP contribution in [0.1, 0.15) is 31.5 Å². The van der Waals surface area contributed by atoms with E-state index in [9.17, 15) is 19.1 Å². The topological polar surface area (TPSA) is 95.1 Å². The molecule has 0 saturated heterocycles. The number of carboxylic acids is 1. The average molecular weight is 347 g/mol. The largest absolute Gasteiger partial charge is 0.480 e. The van der Waals surface area contributed by atoms with E-state index in [0.717, 1.165) is 0 Å². The predicted molar refractivity (Wildman–Crippen MR) is 91.4 cm³/mol. The zero-order chi connectivity index (χ0) is 18.6. The Morgan fingerprint density at radius 1 is 1.32 bits per heavy atom. The first-order chi connectivity index (χ1) is 11.8. The lowest BCUT2D eigenvalue weighted by atomic mass is 9.98. The smallest absolute Gasteiger partial charge is 0.326 e. The number of aromatic nitrogens is 2. The van der Waals surface area contributed by atoms with Crippen molar-refractivity contribution >= 4 is 11.9 Å². The van der Waals surface area contributed by atoms with Crippen LogP contribution in [0.2, 0.25) is 0 Å². The molecule has 0 bridgehead atoms. The van der Waals surface area contributed by atoms with Crippen LogP contribution in [0.15, 0.2) is 24.3 Å². The van der Waals surface area contributed by atoms with Gasteiger partial charge in [0.2, 0.25) is 5.91 Å². The van der Waals surface area contributed by atoms with Crippen molar-refractivity contribution in [2.24, 2.45) is 5.92 Å². The molecule has 1 aromatic carbocycles. The fraction of sp³-hybridized carbons (Fsp3) is 0.389. The Morgan fingerprint density at radius 3 is 2.52 bits per heavy atom. The molecule has 0 unspecified atom stereocenters. The number of aryl methyl sites for hydroxylation is 1. The first-order valence-electron chi connectivity index (χ1n) is 8.15. The highest BCUT2D eigenvalue weighted by Crippen LogP contribution is 2.24. The summed E-state index contributed by atoms with van der Waals surface area (Å²) in [5, 5.41) is 18.9. The highest BCUT2D eigenvalue weighted by atomic mass is 19.1. The number of amides is 1. The van der Waals surface area contributed by atoms with Gasteiger partial charge in [0.1, 0.15) is 11.9 Å². The Hall–Kier alpha value is -2.70. The maximum absolute atomic E-state index is 13.1. The summed E-state index contributed by atoms with van der Waals surface area (Å²) >= 11 is 0. The molecule has 1 amide bonds. The molecule has 0 aliphatic heterocycles. The van der Waals surface area contributed by atoms with E-state index in [1.165, 1.54) is 12.1 Å². The van der Waals surface area contributed by atoms with Crippen LogP contribution in [0.5, 0.6) is 0 Å². The van der Waals surface area contributed by atoms with Crippen LogP contribution in [0, 0.1) is 18.7 Å². The van der Waals surface area contributed by atoms with E-state index in [2.05, 4.69) is 15.5 Å². The summed E-state index contributed by atoms with van der Waals surface area (Å²) in [6, 6.07) is 4.90. The average Bonchev–Trinajstić information content (AvgIpc) is 2.93. The molecule has 0 saturated carbocycles. The first kappa shape index (κ1) is 18.6. The molecule has 0 aliphatic carbocycles. The number of halogens is 1. The number of benzene rings is 1. The molecule has 7 heteroatoms. The van der Waals surface area contributed by atoms with E-state index in [1.54, 1.807) is 26.0 Å². The number of nitrogens with one attached hydrogen (secondary N) is 2. The van der Waals surface area contributed by atoms with Crippen LogP contribution in [-0.4, -0.2) is 33.2 Å². The second kappa shape index (κ2) is 7.92. The Labute approximate surface area is 145 Å². The lowest BCUT2D eigenvalue weighted by Crippen LogP contribution is -2.45. The molecule has 1 aromatic heterocycles. The number of carbonyl (C=O) groups is 2. The molecule has 2 aromatic rings. The fourth-order valence-electron chi connectivity index (χ4n) is 2.58. The third-order valence-electron chi connectivity index (χ3n) is 4.32. The second-order valence-corrected chi connectivity index (χ2v) is 6.13. The zero-order valence-corrected chi connectivity index (χ0v) is 14.5. The third kappa shape index (κ3) is 4.43. The van der Waals surface area contributed by atoms with Gasteiger partial charge in [0, 0.05) is 16.8 Å². The van der Waals surface area contributed by atoms with Crippen molar-refractivity contribution in [2.45, 2.75) is 39.7 Å². The van der Waals surface area contributed by atoms with Gasteiger partial charge in [-0.05, 0) is 37.1 Å². The maximum Gasteiger partial charge on any atom is 0.326 e. The number of carboxylic acid groups (broad SMARTS) is 1. The van der Waals surface area contributed by atoms with Crippen molar-refractivity contribution in [2.75, 3.05) is 0 Å². The number of hydrogen-bond acceptors (Lipinski definition) is 3.